The average molecular weight is 1360 g/mol. The molecule has 0 saturated carbocycles. The number of hydrogen-bond donors (Lipinski definition) is 9. The van der Waals surface area contributed by atoms with Crippen molar-refractivity contribution < 1.29 is 36.3 Å². The molecule has 0 aliphatic rings. The number of aldehydes is 1. The van der Waals surface area contributed by atoms with Crippen LogP contribution in [-0.2, 0) is 52.8 Å². The molecule has 0 aliphatic heterocycles. The van der Waals surface area contributed by atoms with Crippen LogP contribution in [0.4, 0.5) is 0 Å². The molecule has 0 aliphatic carbocycles. The summed E-state index contributed by atoms with van der Waals surface area (Å²) in [6, 6.07) is 0. The number of aromatic amines is 6. The van der Waals surface area contributed by atoms with Crippen molar-refractivity contribution >= 4 is 37.9 Å². The Balaban J connectivity index is 0.000000546. The van der Waals surface area contributed by atoms with E-state index in [0.29, 0.717) is 6.54 Å². The number of carbonyl (C=O) groups is 3. The van der Waals surface area contributed by atoms with Crippen LogP contribution in [0.2, 0.25) is 0 Å². The molecule has 0 spiro atoms. The predicted molar refractivity (Wildman–Crippen MR) is 395 cm³/mol. The lowest BCUT2D eigenvalue weighted by Crippen LogP contribution is -2.15. The molecule has 0 fully saturated rings. The lowest BCUT2D eigenvalue weighted by molar-refractivity contribution is 0.100. The maximum Gasteiger partial charge on any atom is 0.236 e. The highest BCUT2D eigenvalue weighted by molar-refractivity contribution is 7.89. The number of aliphatic hydroxyl groups excluding tert-OH is 1. The number of hydrogen-bond acceptors (Lipinski definition) is 12. The van der Waals surface area contributed by atoms with Crippen molar-refractivity contribution in [3.63, 3.8) is 0 Å². The minimum atomic E-state index is -3.20. The van der Waals surface area contributed by atoms with Gasteiger partial charge in [0, 0.05) is 140 Å². The molecular formula is C73H120N12O8S2. The fraction of sp³-hybridized carbons (Fsp3) is 0.521. The van der Waals surface area contributed by atoms with Crippen LogP contribution < -0.4 is 10.6 Å². The zero-order chi connectivity index (χ0) is 74.0. The average Bonchev–Trinajstić information content (AvgIpc) is 1.64. The fourth-order valence-electron chi connectivity index (χ4n) is 11.9. The molecule has 0 saturated heterocycles. The van der Waals surface area contributed by atoms with Crippen molar-refractivity contribution in [2.24, 2.45) is 0 Å². The number of aromatic nitrogens is 8. The second-order valence-electron chi connectivity index (χ2n) is 25.7. The van der Waals surface area contributed by atoms with E-state index in [-0.39, 0.29) is 18.2 Å². The van der Waals surface area contributed by atoms with E-state index in [1.807, 2.05) is 157 Å². The summed E-state index contributed by atoms with van der Waals surface area (Å²) in [6.45, 7) is 52.5. The fourth-order valence-corrected chi connectivity index (χ4v) is 14.3. The van der Waals surface area contributed by atoms with E-state index in [1.54, 1.807) is 13.8 Å². The van der Waals surface area contributed by atoms with E-state index < -0.39 is 20.0 Å². The molecule has 0 atom stereocenters. The summed E-state index contributed by atoms with van der Waals surface area (Å²) in [7, 11) is 5.58. The van der Waals surface area contributed by atoms with Gasteiger partial charge in [-0.25, -0.2) is 24.8 Å². The molecule has 0 radical (unpaired) electrons. The Morgan fingerprint density at radius 3 is 1.01 bits per heavy atom. The number of aliphatic hydroxyl groups is 1. The van der Waals surface area contributed by atoms with Gasteiger partial charge in [-0.15, -0.1) is 0 Å². The van der Waals surface area contributed by atoms with Gasteiger partial charge < -0.3 is 55.4 Å². The number of nitrogens with one attached hydrogen (secondary N) is 8. The monoisotopic (exact) mass is 1360 g/mol. The standard InChI is InChI=1S/C11H20N2O2S.C10H18N2O2S.C10H18N2.C9H16N2.C9H13NO.C8H13NO.2C8H11NO/c1-8-9(2)13(16(6,14)15)10(3)11(8)7-12(4)5;1-7-8(2)12(15(5,13)14)9(3)10(7)6-11-4;1-7-8(2)11-9(3)10(7)6-12(4)5;1-6-7(2)11-8(3)9(6)5-10-4;1-5-6(2)10-7(3)9(5)8(4)11;2*1-5-6(2)9-7(3)8(5)4-10;1-5-4-9-6(2)8(5)7(3)10/h7H2,1-6H3;11H,6H2,1-5H3;11H,6H2,1-5H3;10-11H,5H2,1-4H3;10H,1-4H3;9-10H,4H2,1-3H3;2*4,9H,1-3H3. The Morgan fingerprint density at radius 2 is 0.768 bits per heavy atom. The highest BCUT2D eigenvalue weighted by atomic mass is 32.2. The lowest BCUT2D eigenvalue weighted by atomic mass is 10.1. The van der Waals surface area contributed by atoms with E-state index in [9.17, 15) is 31.2 Å². The van der Waals surface area contributed by atoms with E-state index in [0.717, 1.165) is 150 Å². The van der Waals surface area contributed by atoms with Crippen molar-refractivity contribution in [1.29, 1.82) is 0 Å². The number of ketones is 2. The van der Waals surface area contributed by atoms with Gasteiger partial charge in [0.05, 0.1) is 19.1 Å². The van der Waals surface area contributed by atoms with Gasteiger partial charge in [-0.05, 0) is 282 Å². The molecule has 95 heavy (non-hydrogen) atoms. The minimum Gasteiger partial charge on any atom is -0.392 e. The second-order valence-corrected chi connectivity index (χ2v) is 29.4. The van der Waals surface area contributed by atoms with Gasteiger partial charge in [0.2, 0.25) is 20.0 Å². The number of Topliss-reactive ketones (excluding diaryl/α,β-unsaturated/α-hetero) is 2. The highest BCUT2D eigenvalue weighted by Gasteiger charge is 2.22. The summed E-state index contributed by atoms with van der Waals surface area (Å²) in [6.07, 6.45) is 5.22. The predicted octanol–water partition coefficient (Wildman–Crippen LogP) is 13.0. The van der Waals surface area contributed by atoms with E-state index in [4.69, 9.17) is 5.11 Å². The quantitative estimate of drug-likeness (QED) is 0.0363. The van der Waals surface area contributed by atoms with Gasteiger partial charge in [0.1, 0.15) is 0 Å². The van der Waals surface area contributed by atoms with Gasteiger partial charge in [0.15, 0.2) is 17.9 Å². The van der Waals surface area contributed by atoms with Crippen LogP contribution in [0.5, 0.6) is 0 Å². The molecule has 8 aromatic rings. The number of H-pyrrole nitrogens is 6. The molecule has 0 aromatic carbocycles. The molecule has 8 aromatic heterocycles. The third-order valence-corrected chi connectivity index (χ3v) is 20.0. The first kappa shape index (κ1) is 86.0. The van der Waals surface area contributed by atoms with Crippen molar-refractivity contribution in [2.45, 2.75) is 206 Å². The van der Waals surface area contributed by atoms with Crippen molar-refractivity contribution in [2.75, 3.05) is 54.8 Å². The summed E-state index contributed by atoms with van der Waals surface area (Å²) in [4.78, 5) is 55.8. The Bertz CT molecular complexity index is 4090. The molecule has 8 rings (SSSR count). The summed E-state index contributed by atoms with van der Waals surface area (Å²) in [5, 5.41) is 15.1. The van der Waals surface area contributed by atoms with E-state index in [2.05, 4.69) is 101 Å². The maximum absolute atomic E-state index is 11.7. The van der Waals surface area contributed by atoms with E-state index in [1.165, 1.54) is 71.0 Å². The molecular weight excluding hydrogens is 1240 g/mol. The van der Waals surface area contributed by atoms with Gasteiger partial charge >= 0.3 is 0 Å². The third-order valence-electron chi connectivity index (χ3n) is 17.6. The zero-order valence-corrected chi connectivity index (χ0v) is 65.7. The Hall–Kier alpha value is -7.05. The van der Waals surface area contributed by atoms with Crippen molar-refractivity contribution in [3.8, 4) is 0 Å². The number of rotatable bonds is 14. The van der Waals surface area contributed by atoms with Crippen LogP contribution >= 0.6 is 0 Å². The van der Waals surface area contributed by atoms with Gasteiger partial charge in [-0.3, -0.25) is 14.4 Å². The topological polar surface area (TPSA) is 275 Å². The van der Waals surface area contributed by atoms with Crippen LogP contribution in [-0.4, -0.2) is 142 Å². The van der Waals surface area contributed by atoms with Crippen LogP contribution in [0, 0.1) is 159 Å². The number of carbonyl (C=O) groups excluding carboxylic acids is 3. The summed E-state index contributed by atoms with van der Waals surface area (Å²) < 4.78 is 49.4. The van der Waals surface area contributed by atoms with Crippen LogP contribution in [0.3, 0.4) is 0 Å². The molecule has 0 amide bonds. The minimum absolute atomic E-state index is 0.135. The molecule has 532 valence electrons. The smallest absolute Gasteiger partial charge is 0.236 e. The van der Waals surface area contributed by atoms with Crippen molar-refractivity contribution in [3.05, 3.63) is 181 Å². The molecule has 9 N–H and O–H groups in total. The number of aryl methyl sites for hydroxylation is 12. The normalized spacial score (nSPS) is 11.0. The molecule has 0 bridgehead atoms. The molecule has 8 heterocycles. The van der Waals surface area contributed by atoms with Crippen LogP contribution in [0.1, 0.15) is 203 Å². The van der Waals surface area contributed by atoms with Gasteiger partial charge in [-0.1, -0.05) is 0 Å². The lowest BCUT2D eigenvalue weighted by Gasteiger charge is -2.11. The first-order valence-corrected chi connectivity index (χ1v) is 35.7. The summed E-state index contributed by atoms with van der Waals surface area (Å²) in [5.41, 5.74) is 33.5. The van der Waals surface area contributed by atoms with E-state index >= 15 is 0 Å². The highest BCUT2D eigenvalue weighted by Crippen LogP contribution is 2.26. The SMILES string of the molecule is CC(=O)c1c(C)[nH]c(C)c1C.CC(=O)c1c(C)c[nH]c1C.CNCc1c(C)[nH]c(C)c1C.CNCc1c(C)c(C)n(S(C)(=O)=O)c1C.Cc1[nH]c(C)c(C=O)c1C.Cc1[nH]c(C)c(CN(C)C)c1C.Cc1[nH]c(C)c(CO)c1C.Cc1c(CN(C)C)c(C)n(S(C)(=O)=O)c1C. The van der Waals surface area contributed by atoms with Crippen LogP contribution in [0.15, 0.2) is 6.20 Å². The first-order chi connectivity index (χ1) is 43.6. The first-order valence-electron chi connectivity index (χ1n) is 32.0. The summed E-state index contributed by atoms with van der Waals surface area (Å²) >= 11 is 0. The Labute approximate surface area is 570 Å². The van der Waals surface area contributed by atoms with Gasteiger partial charge in [-0.2, -0.15) is 0 Å². The summed E-state index contributed by atoms with van der Waals surface area (Å²) in [5.74, 6) is 0.278. The third kappa shape index (κ3) is 23.3. The maximum atomic E-state index is 11.7. The van der Waals surface area contributed by atoms with Crippen molar-refractivity contribution in [1.82, 2.24) is 58.3 Å². The largest absolute Gasteiger partial charge is 0.392 e. The second kappa shape index (κ2) is 37.5. The zero-order valence-electron chi connectivity index (χ0n) is 64.1. The Kier molecular flexibility index (Phi) is 33.9. The molecule has 22 heteroatoms. The van der Waals surface area contributed by atoms with Crippen LogP contribution in [0.25, 0.3) is 0 Å². The molecule has 0 unspecified atom stereocenters. The molecule has 20 nitrogen and oxygen atoms in total. The number of nitrogens with zero attached hydrogens (tertiary/aromatic N) is 4. The Morgan fingerprint density at radius 1 is 0.432 bits per heavy atom. The van der Waals surface area contributed by atoms with Gasteiger partial charge in [0.25, 0.3) is 0 Å².